The molecule has 0 saturated heterocycles. The number of amides is 1. The molecule has 2 atom stereocenters. The number of benzene rings is 1. The second-order valence-electron chi connectivity index (χ2n) is 4.62. The van der Waals surface area contributed by atoms with Gasteiger partial charge in [-0.1, -0.05) is 19.1 Å². The quantitative estimate of drug-likeness (QED) is 0.834. The number of carbonyl (C=O) groups excluding carboxylic acids is 1. The molecule has 0 radical (unpaired) electrons. The SMILES string of the molecule is Cc1ccc(CNC(=O)C2CC2C)cc1F. The summed E-state index contributed by atoms with van der Waals surface area (Å²) in [7, 11) is 0. The third-order valence-corrected chi connectivity index (χ3v) is 3.15. The minimum absolute atomic E-state index is 0.0912. The van der Waals surface area contributed by atoms with Gasteiger partial charge in [-0.05, 0) is 36.5 Å². The summed E-state index contributed by atoms with van der Waals surface area (Å²) in [6, 6.07) is 5.05. The van der Waals surface area contributed by atoms with Crippen LogP contribution in [0.25, 0.3) is 0 Å². The molecule has 1 N–H and O–H groups in total. The first-order valence-electron chi connectivity index (χ1n) is 5.60. The van der Waals surface area contributed by atoms with E-state index in [1.165, 1.54) is 6.07 Å². The Balaban J connectivity index is 1.89. The fraction of sp³-hybridized carbons (Fsp3) is 0.462. The van der Waals surface area contributed by atoms with Crippen LogP contribution < -0.4 is 5.32 Å². The number of rotatable bonds is 3. The van der Waals surface area contributed by atoms with E-state index in [1.807, 2.05) is 6.07 Å². The smallest absolute Gasteiger partial charge is 0.223 e. The lowest BCUT2D eigenvalue weighted by Crippen LogP contribution is -2.24. The Labute approximate surface area is 94.9 Å². The van der Waals surface area contributed by atoms with Crippen LogP contribution in [-0.2, 0) is 11.3 Å². The van der Waals surface area contributed by atoms with Crippen molar-refractivity contribution >= 4 is 5.91 Å². The number of aryl methyl sites for hydroxylation is 1. The summed E-state index contributed by atoms with van der Waals surface area (Å²) in [5, 5.41) is 2.83. The maximum atomic E-state index is 13.2. The molecule has 0 bridgehead atoms. The lowest BCUT2D eigenvalue weighted by molar-refractivity contribution is -0.122. The molecule has 0 aromatic heterocycles. The van der Waals surface area contributed by atoms with E-state index in [0.717, 1.165) is 12.0 Å². The average Bonchev–Trinajstić information content (AvgIpc) is 2.97. The maximum absolute atomic E-state index is 13.2. The summed E-state index contributed by atoms with van der Waals surface area (Å²) in [5.41, 5.74) is 1.44. The summed E-state index contributed by atoms with van der Waals surface area (Å²) >= 11 is 0. The van der Waals surface area contributed by atoms with Gasteiger partial charge >= 0.3 is 0 Å². The van der Waals surface area contributed by atoms with Crippen LogP contribution in [0.4, 0.5) is 4.39 Å². The molecule has 0 aliphatic heterocycles. The maximum Gasteiger partial charge on any atom is 0.223 e. The van der Waals surface area contributed by atoms with Gasteiger partial charge in [-0.25, -0.2) is 4.39 Å². The van der Waals surface area contributed by atoms with Gasteiger partial charge in [0.25, 0.3) is 0 Å². The molecule has 1 aliphatic carbocycles. The van der Waals surface area contributed by atoms with E-state index in [-0.39, 0.29) is 17.6 Å². The third-order valence-electron chi connectivity index (χ3n) is 3.15. The number of hydrogen-bond donors (Lipinski definition) is 1. The van der Waals surface area contributed by atoms with Crippen LogP contribution >= 0.6 is 0 Å². The van der Waals surface area contributed by atoms with Gasteiger partial charge in [0.05, 0.1) is 0 Å². The van der Waals surface area contributed by atoms with Crippen molar-refractivity contribution in [3.05, 3.63) is 35.1 Å². The lowest BCUT2D eigenvalue weighted by Gasteiger charge is -2.05. The Morgan fingerprint density at radius 3 is 2.81 bits per heavy atom. The van der Waals surface area contributed by atoms with E-state index in [9.17, 15) is 9.18 Å². The summed E-state index contributed by atoms with van der Waals surface area (Å²) < 4.78 is 13.2. The standard InChI is InChI=1S/C13H16FNO/c1-8-3-4-10(6-12(8)14)7-15-13(16)11-5-9(11)2/h3-4,6,9,11H,5,7H2,1-2H3,(H,15,16). The van der Waals surface area contributed by atoms with Gasteiger partial charge in [0, 0.05) is 12.5 Å². The van der Waals surface area contributed by atoms with Crippen LogP contribution in [0, 0.1) is 24.6 Å². The fourth-order valence-electron chi connectivity index (χ4n) is 1.75. The van der Waals surface area contributed by atoms with E-state index >= 15 is 0 Å². The Hall–Kier alpha value is -1.38. The van der Waals surface area contributed by atoms with Crippen LogP contribution in [0.1, 0.15) is 24.5 Å². The molecule has 1 aromatic carbocycles. The summed E-state index contributed by atoms with van der Waals surface area (Å²) in [4.78, 5) is 11.5. The predicted molar refractivity (Wildman–Crippen MR) is 60.3 cm³/mol. The van der Waals surface area contributed by atoms with Crippen molar-refractivity contribution in [3.8, 4) is 0 Å². The lowest BCUT2D eigenvalue weighted by atomic mass is 10.1. The minimum Gasteiger partial charge on any atom is -0.352 e. The topological polar surface area (TPSA) is 29.1 Å². The van der Waals surface area contributed by atoms with Crippen LogP contribution in [0.15, 0.2) is 18.2 Å². The van der Waals surface area contributed by atoms with Crippen molar-refractivity contribution in [3.63, 3.8) is 0 Å². The van der Waals surface area contributed by atoms with Gasteiger partial charge in [-0.15, -0.1) is 0 Å². The number of halogens is 1. The van der Waals surface area contributed by atoms with Crippen molar-refractivity contribution in [2.75, 3.05) is 0 Å². The number of carbonyl (C=O) groups is 1. The molecule has 1 amide bonds. The van der Waals surface area contributed by atoms with Crippen molar-refractivity contribution in [1.29, 1.82) is 0 Å². The molecule has 2 unspecified atom stereocenters. The van der Waals surface area contributed by atoms with Gasteiger partial charge in [0.2, 0.25) is 5.91 Å². The van der Waals surface area contributed by atoms with Crippen LogP contribution in [-0.4, -0.2) is 5.91 Å². The third kappa shape index (κ3) is 2.40. The van der Waals surface area contributed by atoms with E-state index < -0.39 is 0 Å². The van der Waals surface area contributed by atoms with E-state index in [0.29, 0.717) is 18.0 Å². The van der Waals surface area contributed by atoms with Crippen LogP contribution in [0.2, 0.25) is 0 Å². The zero-order valence-corrected chi connectivity index (χ0v) is 9.59. The molecule has 16 heavy (non-hydrogen) atoms. The Morgan fingerprint density at radius 2 is 2.25 bits per heavy atom. The van der Waals surface area contributed by atoms with Gasteiger partial charge in [-0.2, -0.15) is 0 Å². The monoisotopic (exact) mass is 221 g/mol. The van der Waals surface area contributed by atoms with Gasteiger partial charge in [0.1, 0.15) is 5.82 Å². The van der Waals surface area contributed by atoms with E-state index in [4.69, 9.17) is 0 Å². The molecule has 0 spiro atoms. The summed E-state index contributed by atoms with van der Waals surface area (Å²) in [5.74, 6) is 0.560. The van der Waals surface area contributed by atoms with Crippen LogP contribution in [0.5, 0.6) is 0 Å². The predicted octanol–water partition coefficient (Wildman–Crippen LogP) is 2.41. The molecular formula is C13H16FNO. The molecule has 2 rings (SSSR count). The summed E-state index contributed by atoms with van der Waals surface area (Å²) in [6.45, 7) is 4.21. The molecule has 1 fully saturated rings. The highest BCUT2D eigenvalue weighted by molar-refractivity contribution is 5.81. The molecule has 1 aliphatic rings. The average molecular weight is 221 g/mol. The largest absolute Gasteiger partial charge is 0.352 e. The first-order valence-corrected chi connectivity index (χ1v) is 5.60. The zero-order valence-electron chi connectivity index (χ0n) is 9.59. The van der Waals surface area contributed by atoms with Crippen molar-refractivity contribution in [1.82, 2.24) is 5.32 Å². The van der Waals surface area contributed by atoms with E-state index in [1.54, 1.807) is 13.0 Å². The number of nitrogens with one attached hydrogen (secondary N) is 1. The zero-order chi connectivity index (χ0) is 11.7. The normalized spacial score (nSPS) is 22.9. The first kappa shape index (κ1) is 11.1. The van der Waals surface area contributed by atoms with Gasteiger partial charge in [-0.3, -0.25) is 4.79 Å². The summed E-state index contributed by atoms with van der Waals surface area (Å²) in [6.07, 6.45) is 0.980. The van der Waals surface area contributed by atoms with Crippen molar-refractivity contribution < 1.29 is 9.18 Å². The van der Waals surface area contributed by atoms with Gasteiger partial charge < -0.3 is 5.32 Å². The molecule has 3 heteroatoms. The molecule has 1 saturated carbocycles. The second kappa shape index (κ2) is 4.24. The highest BCUT2D eigenvalue weighted by atomic mass is 19.1. The second-order valence-corrected chi connectivity index (χ2v) is 4.62. The van der Waals surface area contributed by atoms with Crippen LogP contribution in [0.3, 0.4) is 0 Å². The molecule has 1 aromatic rings. The molecule has 2 nitrogen and oxygen atoms in total. The Kier molecular flexibility index (Phi) is 2.95. The molecular weight excluding hydrogens is 205 g/mol. The molecule has 86 valence electrons. The minimum atomic E-state index is -0.216. The van der Waals surface area contributed by atoms with Gasteiger partial charge in [0.15, 0.2) is 0 Å². The van der Waals surface area contributed by atoms with Crippen molar-refractivity contribution in [2.45, 2.75) is 26.8 Å². The fourth-order valence-corrected chi connectivity index (χ4v) is 1.75. The van der Waals surface area contributed by atoms with E-state index in [2.05, 4.69) is 12.2 Å². The first-order chi connectivity index (χ1) is 7.58. The molecule has 0 heterocycles. The highest BCUT2D eigenvalue weighted by Gasteiger charge is 2.38. The number of hydrogen-bond acceptors (Lipinski definition) is 1. The Bertz CT molecular complexity index is 416. The highest BCUT2D eigenvalue weighted by Crippen LogP contribution is 2.37. The van der Waals surface area contributed by atoms with Crippen molar-refractivity contribution in [2.24, 2.45) is 11.8 Å². The Morgan fingerprint density at radius 1 is 1.56 bits per heavy atom.